The summed E-state index contributed by atoms with van der Waals surface area (Å²) < 4.78 is 8.57. The van der Waals surface area contributed by atoms with E-state index in [1.165, 1.54) is 43.4 Å². The Morgan fingerprint density at radius 1 is 1.13 bits per heavy atom. The maximum atomic E-state index is 12.6. The molecule has 4 aliphatic carbocycles. The predicted molar refractivity (Wildman–Crippen MR) is 184 cm³/mol. The zero-order valence-electron chi connectivity index (χ0n) is 26.8. The lowest BCUT2D eigenvalue weighted by Crippen LogP contribution is -2.29. The van der Waals surface area contributed by atoms with E-state index in [4.69, 9.17) is 9.84 Å². The normalized spacial score (nSPS) is 22.8. The highest BCUT2D eigenvalue weighted by molar-refractivity contribution is 7.22. The van der Waals surface area contributed by atoms with E-state index >= 15 is 0 Å². The van der Waals surface area contributed by atoms with Crippen LogP contribution in [0.2, 0.25) is 0 Å². The molecule has 4 aromatic heterocycles. The number of ether oxygens (including phenoxy) is 1. The molecule has 4 heterocycles. The summed E-state index contributed by atoms with van der Waals surface area (Å²) in [4.78, 5) is 24.5. The standard InChI is InChI=1S/C34H38N8O3S2/c1-19-11-27(39-40-30(19)38-32-36-25-7-4-5-8-26(25)46-32)41(9-6-10-45-3)33-37-28(31(43)44)29(47-33)24-17-35-42(20(24)2)18-34-15-21-12-22(16-34)14-23(34)13-21/h4-5,7-8,11,17,21-23H,6,9-10,12-16,18H2,1-3H3,(H,43,44)(H,36,38,40). The van der Waals surface area contributed by atoms with Crippen molar-refractivity contribution in [2.75, 3.05) is 30.5 Å². The number of benzene rings is 1. The van der Waals surface area contributed by atoms with Gasteiger partial charge in [-0.05, 0) is 99.3 Å². The van der Waals surface area contributed by atoms with Crippen molar-refractivity contribution in [3.05, 3.63) is 53.5 Å². The molecule has 11 nitrogen and oxygen atoms in total. The fraction of sp³-hybridized carbons (Fsp3) is 0.471. The van der Waals surface area contributed by atoms with Gasteiger partial charge in [-0.3, -0.25) is 4.68 Å². The summed E-state index contributed by atoms with van der Waals surface area (Å²) in [6.07, 6.45) is 9.27. The number of hydrogen-bond donors (Lipinski definition) is 2. The van der Waals surface area contributed by atoms with Crippen LogP contribution in [-0.2, 0) is 11.3 Å². The molecule has 0 radical (unpaired) electrons. The van der Waals surface area contributed by atoms with Gasteiger partial charge in [-0.2, -0.15) is 5.10 Å². The molecule has 4 fully saturated rings. The van der Waals surface area contributed by atoms with Crippen LogP contribution in [0, 0.1) is 37.0 Å². The van der Waals surface area contributed by atoms with Crippen LogP contribution in [0.15, 0.2) is 36.5 Å². The predicted octanol–water partition coefficient (Wildman–Crippen LogP) is 7.47. The van der Waals surface area contributed by atoms with E-state index in [0.717, 1.165) is 56.5 Å². The van der Waals surface area contributed by atoms with Gasteiger partial charge in [-0.1, -0.05) is 34.8 Å². The highest BCUT2D eigenvalue weighted by Crippen LogP contribution is 2.66. The van der Waals surface area contributed by atoms with E-state index in [-0.39, 0.29) is 5.69 Å². The second kappa shape index (κ2) is 11.9. The Hall–Kier alpha value is -3.94. The number of anilines is 4. The molecular formula is C34H38N8O3S2. The monoisotopic (exact) mass is 670 g/mol. The van der Waals surface area contributed by atoms with Crippen LogP contribution >= 0.6 is 22.7 Å². The molecule has 5 aromatic rings. The number of nitrogens with one attached hydrogen (secondary N) is 1. The average molecular weight is 671 g/mol. The average Bonchev–Trinajstić information content (AvgIpc) is 3.84. The van der Waals surface area contributed by atoms with E-state index in [9.17, 15) is 9.90 Å². The first-order valence-corrected chi connectivity index (χ1v) is 17.9. The van der Waals surface area contributed by atoms with Crippen LogP contribution in [0.3, 0.4) is 0 Å². The largest absolute Gasteiger partial charge is 0.476 e. The zero-order valence-corrected chi connectivity index (χ0v) is 28.4. The Kier molecular flexibility index (Phi) is 7.72. The van der Waals surface area contributed by atoms with Crippen molar-refractivity contribution in [1.82, 2.24) is 29.9 Å². The number of para-hydroxylation sites is 1. The lowest BCUT2D eigenvalue weighted by Gasteiger charge is -2.33. The van der Waals surface area contributed by atoms with Crippen molar-refractivity contribution in [3.63, 3.8) is 0 Å². The van der Waals surface area contributed by atoms with Crippen molar-refractivity contribution in [2.45, 2.75) is 58.9 Å². The summed E-state index contributed by atoms with van der Waals surface area (Å²) in [5.74, 6) is 2.69. The molecule has 13 heteroatoms. The summed E-state index contributed by atoms with van der Waals surface area (Å²) in [5.41, 5.74) is 4.01. The van der Waals surface area contributed by atoms with Gasteiger partial charge in [-0.15, -0.1) is 10.2 Å². The first kappa shape index (κ1) is 30.4. The van der Waals surface area contributed by atoms with E-state index in [1.807, 2.05) is 48.4 Å². The number of carboxylic acids is 1. The van der Waals surface area contributed by atoms with Crippen molar-refractivity contribution >= 4 is 60.8 Å². The maximum absolute atomic E-state index is 12.6. The smallest absolute Gasteiger partial charge is 0.356 e. The number of aryl methyl sites for hydroxylation is 1. The van der Waals surface area contributed by atoms with Gasteiger partial charge in [0.2, 0.25) is 0 Å². The Labute approximate surface area is 281 Å². The van der Waals surface area contributed by atoms with Crippen LogP contribution in [-0.4, -0.2) is 61.3 Å². The van der Waals surface area contributed by atoms with Gasteiger partial charge in [0.15, 0.2) is 27.6 Å². The Morgan fingerprint density at radius 3 is 2.68 bits per heavy atom. The first-order valence-electron chi connectivity index (χ1n) is 16.3. The minimum Gasteiger partial charge on any atom is -0.476 e. The molecule has 2 atom stereocenters. The molecule has 1 aromatic carbocycles. The third-order valence-electron chi connectivity index (χ3n) is 10.5. The van der Waals surface area contributed by atoms with Gasteiger partial charge in [0.05, 0.1) is 21.3 Å². The zero-order chi connectivity index (χ0) is 32.3. The molecule has 47 heavy (non-hydrogen) atoms. The highest BCUT2D eigenvalue weighted by atomic mass is 32.1. The van der Waals surface area contributed by atoms with E-state index in [0.29, 0.717) is 46.6 Å². The lowest BCUT2D eigenvalue weighted by atomic mass is 9.75. The molecule has 0 saturated heterocycles. The third-order valence-corrected chi connectivity index (χ3v) is 12.6. The SMILES string of the molecule is COCCCN(c1cc(C)c(Nc2nc3ccccc3s2)nn1)c1nc(C(=O)O)c(-c2cnn(CC34CC5CC(CC3C5)C4)c2C)s1. The van der Waals surface area contributed by atoms with Crippen molar-refractivity contribution in [2.24, 2.45) is 23.2 Å². The van der Waals surface area contributed by atoms with E-state index in [1.54, 1.807) is 18.4 Å². The van der Waals surface area contributed by atoms with E-state index in [2.05, 4.69) is 37.1 Å². The van der Waals surface area contributed by atoms with E-state index < -0.39 is 5.97 Å². The minimum absolute atomic E-state index is 0.0298. The van der Waals surface area contributed by atoms with Crippen molar-refractivity contribution < 1.29 is 14.6 Å². The number of aromatic carboxylic acids is 1. The number of nitrogens with zero attached hydrogens (tertiary/aromatic N) is 7. The van der Waals surface area contributed by atoms with Crippen molar-refractivity contribution in [1.29, 1.82) is 0 Å². The molecule has 244 valence electrons. The number of carbonyl (C=O) groups is 1. The summed E-state index contributed by atoms with van der Waals surface area (Å²) in [7, 11) is 1.67. The molecular weight excluding hydrogens is 633 g/mol. The molecule has 4 bridgehead atoms. The summed E-state index contributed by atoms with van der Waals surface area (Å²) in [5, 5.41) is 28.8. The summed E-state index contributed by atoms with van der Waals surface area (Å²) in [6.45, 7) is 6.02. The Balaban J connectivity index is 1.09. The number of carboxylic acid groups (broad SMARTS) is 1. The number of thiazole rings is 2. The summed E-state index contributed by atoms with van der Waals surface area (Å²) >= 11 is 2.92. The number of rotatable bonds is 12. The minimum atomic E-state index is -1.06. The van der Waals surface area contributed by atoms with Gasteiger partial charge in [-0.25, -0.2) is 14.8 Å². The first-order chi connectivity index (χ1) is 22.8. The molecule has 0 aliphatic heterocycles. The fourth-order valence-corrected chi connectivity index (χ4v) is 10.5. The van der Waals surface area contributed by atoms with Gasteiger partial charge >= 0.3 is 5.97 Å². The summed E-state index contributed by atoms with van der Waals surface area (Å²) in [6, 6.07) is 9.94. The maximum Gasteiger partial charge on any atom is 0.356 e. The van der Waals surface area contributed by atoms with Crippen molar-refractivity contribution in [3.8, 4) is 10.4 Å². The highest BCUT2D eigenvalue weighted by Gasteiger charge is 2.57. The Morgan fingerprint density at radius 2 is 1.94 bits per heavy atom. The molecule has 2 unspecified atom stereocenters. The van der Waals surface area contributed by atoms with Gasteiger partial charge in [0, 0.05) is 38.1 Å². The van der Waals surface area contributed by atoms with Crippen LogP contribution in [0.4, 0.5) is 21.9 Å². The molecule has 9 rings (SSSR count). The second-order valence-corrected chi connectivity index (χ2v) is 15.5. The fourth-order valence-electron chi connectivity index (χ4n) is 8.53. The topological polar surface area (TPSA) is 131 Å². The molecule has 2 N–H and O–H groups in total. The van der Waals surface area contributed by atoms with Gasteiger partial charge in [0.25, 0.3) is 0 Å². The number of aromatic nitrogens is 6. The molecule has 0 amide bonds. The Bertz CT molecular complexity index is 1920. The van der Waals surface area contributed by atoms with Gasteiger partial charge < -0.3 is 20.1 Å². The molecule has 0 spiro atoms. The molecule has 4 aliphatic rings. The second-order valence-electron chi connectivity index (χ2n) is 13.5. The quantitative estimate of drug-likeness (QED) is 0.129. The third kappa shape index (κ3) is 5.47. The number of methoxy groups -OCH3 is 1. The van der Waals surface area contributed by atoms with Gasteiger partial charge in [0.1, 0.15) is 0 Å². The van der Waals surface area contributed by atoms with Crippen LogP contribution in [0.25, 0.3) is 20.7 Å². The van der Waals surface area contributed by atoms with Crippen LogP contribution < -0.4 is 10.2 Å². The van der Waals surface area contributed by atoms with Crippen LogP contribution in [0.5, 0.6) is 0 Å². The van der Waals surface area contributed by atoms with Crippen LogP contribution in [0.1, 0.15) is 60.3 Å². The number of fused-ring (bicyclic) bond motifs is 1. The lowest BCUT2D eigenvalue weighted by molar-refractivity contribution is 0.0692. The molecule has 4 saturated carbocycles. The number of hydrogen-bond acceptors (Lipinski definition) is 11.